The van der Waals surface area contributed by atoms with Gasteiger partial charge in [0.05, 0.1) is 6.61 Å². The van der Waals surface area contributed by atoms with Gasteiger partial charge in [-0.15, -0.1) is 11.8 Å². The number of nitrogens with one attached hydrogen (secondary N) is 1. The molecule has 1 aromatic rings. The molecule has 1 aliphatic heterocycles. The van der Waals surface area contributed by atoms with Gasteiger partial charge < -0.3 is 14.8 Å². The van der Waals surface area contributed by atoms with Crippen LogP contribution in [0.25, 0.3) is 0 Å². The number of aromatic nitrogens is 2. The molecule has 2 atom stereocenters. The number of unbranched alkanes of at least 4 members (excludes halogenated alkanes) is 1. The van der Waals surface area contributed by atoms with E-state index in [9.17, 15) is 4.79 Å². The molecule has 0 spiro atoms. The van der Waals surface area contributed by atoms with Gasteiger partial charge in [0.25, 0.3) is 0 Å². The van der Waals surface area contributed by atoms with E-state index in [0.29, 0.717) is 12.4 Å². The van der Waals surface area contributed by atoms with Crippen LogP contribution in [0.3, 0.4) is 0 Å². The lowest BCUT2D eigenvalue weighted by molar-refractivity contribution is -0.0250. The zero-order chi connectivity index (χ0) is 15.1. The molecular weight excluding hydrogens is 290 g/mol. The van der Waals surface area contributed by atoms with E-state index in [0.717, 1.165) is 31.7 Å². The maximum atomic E-state index is 12.0. The molecule has 0 bridgehead atoms. The molecule has 1 fully saturated rings. The molecule has 1 N–H and O–H groups in total. The van der Waals surface area contributed by atoms with Crippen molar-refractivity contribution in [2.75, 3.05) is 30.8 Å². The maximum absolute atomic E-state index is 12.0. The number of hydrogen-bond acceptors (Lipinski definition) is 6. The standard InChI is InChI=1S/C14H23N3O3S/c1-3-5-8-19-9-13-20-12(10-21-13)17-7-6-11(15-4-2)16-14(17)18/h6-7,12-13H,3-5,8-10H2,1-2H3,(H,15,16,18)/t12-,13+/m0/s1. The Balaban J connectivity index is 1.87. The SMILES string of the molecule is CCCCOC[C@@H]1O[C@H](n2ccc(NCC)nc2=O)CS1. The Hall–Kier alpha value is -1.05. The molecule has 1 aliphatic rings. The summed E-state index contributed by atoms with van der Waals surface area (Å²) in [5, 5.41) is 3.02. The molecular formula is C14H23N3O3S. The van der Waals surface area contributed by atoms with Crippen molar-refractivity contribution in [2.45, 2.75) is 38.4 Å². The van der Waals surface area contributed by atoms with Gasteiger partial charge in [-0.2, -0.15) is 4.98 Å². The number of thioether (sulfide) groups is 1. The molecule has 2 rings (SSSR count). The van der Waals surface area contributed by atoms with Crippen LogP contribution in [0.2, 0.25) is 0 Å². The Bertz CT molecular complexity index is 495. The lowest BCUT2D eigenvalue weighted by atomic mass is 10.4. The van der Waals surface area contributed by atoms with Gasteiger partial charge in [0, 0.05) is 25.1 Å². The van der Waals surface area contributed by atoms with Gasteiger partial charge in [-0.3, -0.25) is 4.57 Å². The van der Waals surface area contributed by atoms with Crippen molar-refractivity contribution in [3.05, 3.63) is 22.7 Å². The summed E-state index contributed by atoms with van der Waals surface area (Å²) in [5.41, 5.74) is -0.293. The minimum absolute atomic E-state index is 0.00722. The highest BCUT2D eigenvalue weighted by molar-refractivity contribution is 8.00. The molecule has 0 amide bonds. The van der Waals surface area contributed by atoms with Crippen molar-refractivity contribution in [1.82, 2.24) is 9.55 Å². The third kappa shape index (κ3) is 4.72. The summed E-state index contributed by atoms with van der Waals surface area (Å²) < 4.78 is 13.0. The van der Waals surface area contributed by atoms with Crippen molar-refractivity contribution in [1.29, 1.82) is 0 Å². The van der Waals surface area contributed by atoms with Gasteiger partial charge in [0.1, 0.15) is 17.5 Å². The number of ether oxygens (including phenoxy) is 2. The van der Waals surface area contributed by atoms with E-state index in [1.807, 2.05) is 6.92 Å². The zero-order valence-corrected chi connectivity index (χ0v) is 13.4. The monoisotopic (exact) mass is 313 g/mol. The molecule has 1 saturated heterocycles. The summed E-state index contributed by atoms with van der Waals surface area (Å²) in [6.07, 6.45) is 3.67. The van der Waals surface area contributed by atoms with Gasteiger partial charge in [-0.25, -0.2) is 4.79 Å². The van der Waals surface area contributed by atoms with E-state index in [1.54, 1.807) is 28.6 Å². The van der Waals surface area contributed by atoms with Gasteiger partial charge in [0.2, 0.25) is 0 Å². The average molecular weight is 313 g/mol. The number of hydrogen-bond donors (Lipinski definition) is 1. The van der Waals surface area contributed by atoms with E-state index in [1.165, 1.54) is 0 Å². The Morgan fingerprint density at radius 3 is 3.14 bits per heavy atom. The number of anilines is 1. The van der Waals surface area contributed by atoms with Crippen LogP contribution in [0.4, 0.5) is 5.82 Å². The van der Waals surface area contributed by atoms with Crippen LogP contribution in [0, 0.1) is 0 Å². The van der Waals surface area contributed by atoms with Gasteiger partial charge >= 0.3 is 5.69 Å². The van der Waals surface area contributed by atoms with Crippen LogP contribution in [0.1, 0.15) is 32.9 Å². The van der Waals surface area contributed by atoms with E-state index < -0.39 is 0 Å². The molecule has 0 saturated carbocycles. The van der Waals surface area contributed by atoms with Crippen LogP contribution in [0.5, 0.6) is 0 Å². The molecule has 0 unspecified atom stereocenters. The van der Waals surface area contributed by atoms with Crippen molar-refractivity contribution >= 4 is 17.6 Å². The zero-order valence-electron chi connectivity index (χ0n) is 12.6. The van der Waals surface area contributed by atoms with E-state index in [4.69, 9.17) is 9.47 Å². The fourth-order valence-electron chi connectivity index (χ4n) is 2.01. The fraction of sp³-hybridized carbons (Fsp3) is 0.714. The summed E-state index contributed by atoms with van der Waals surface area (Å²) in [4.78, 5) is 16.0. The van der Waals surface area contributed by atoms with Crippen LogP contribution < -0.4 is 11.0 Å². The second kappa shape index (κ2) is 8.41. The lowest BCUT2D eigenvalue weighted by Crippen LogP contribution is -2.29. The molecule has 1 aromatic heterocycles. The van der Waals surface area contributed by atoms with Gasteiger partial charge in [-0.1, -0.05) is 13.3 Å². The Morgan fingerprint density at radius 2 is 2.43 bits per heavy atom. The highest BCUT2D eigenvalue weighted by Gasteiger charge is 2.28. The van der Waals surface area contributed by atoms with Crippen molar-refractivity contribution in [3.8, 4) is 0 Å². The highest BCUT2D eigenvalue weighted by atomic mass is 32.2. The van der Waals surface area contributed by atoms with Crippen molar-refractivity contribution in [3.63, 3.8) is 0 Å². The maximum Gasteiger partial charge on any atom is 0.351 e. The predicted octanol–water partition coefficient (Wildman–Crippen LogP) is 2.08. The minimum atomic E-state index is -0.286. The van der Waals surface area contributed by atoms with E-state index in [-0.39, 0.29) is 17.4 Å². The molecule has 0 aromatic carbocycles. The largest absolute Gasteiger partial charge is 0.378 e. The third-order valence-electron chi connectivity index (χ3n) is 3.13. The first-order chi connectivity index (χ1) is 10.2. The summed E-state index contributed by atoms with van der Waals surface area (Å²) in [7, 11) is 0. The molecule has 0 radical (unpaired) electrons. The summed E-state index contributed by atoms with van der Waals surface area (Å²) in [5.74, 6) is 1.34. The van der Waals surface area contributed by atoms with E-state index >= 15 is 0 Å². The summed E-state index contributed by atoms with van der Waals surface area (Å²) >= 11 is 1.68. The average Bonchev–Trinajstić information content (AvgIpc) is 2.93. The first kappa shape index (κ1) is 16.3. The molecule has 2 heterocycles. The quantitative estimate of drug-likeness (QED) is 0.741. The Morgan fingerprint density at radius 1 is 1.57 bits per heavy atom. The van der Waals surface area contributed by atoms with Crippen LogP contribution >= 0.6 is 11.8 Å². The van der Waals surface area contributed by atoms with Crippen LogP contribution in [-0.2, 0) is 9.47 Å². The molecule has 118 valence electrons. The minimum Gasteiger partial charge on any atom is -0.378 e. The second-order valence-corrected chi connectivity index (χ2v) is 6.01. The summed E-state index contributed by atoms with van der Waals surface area (Å²) in [6.45, 7) is 6.17. The highest BCUT2D eigenvalue weighted by Crippen LogP contribution is 2.31. The first-order valence-corrected chi connectivity index (χ1v) is 8.47. The molecule has 6 nitrogen and oxygen atoms in total. The predicted molar refractivity (Wildman–Crippen MR) is 84.8 cm³/mol. The Kier molecular flexibility index (Phi) is 6.53. The summed E-state index contributed by atoms with van der Waals surface area (Å²) in [6, 6.07) is 1.80. The molecule has 0 aliphatic carbocycles. The van der Waals surface area contributed by atoms with Crippen molar-refractivity contribution < 1.29 is 9.47 Å². The first-order valence-electron chi connectivity index (χ1n) is 7.42. The topological polar surface area (TPSA) is 65.4 Å². The van der Waals surface area contributed by atoms with Crippen molar-refractivity contribution in [2.24, 2.45) is 0 Å². The lowest BCUT2D eigenvalue weighted by Gasteiger charge is -2.15. The fourth-order valence-corrected chi connectivity index (χ4v) is 3.03. The molecule has 7 heteroatoms. The Labute approximate surface area is 129 Å². The normalized spacial score (nSPS) is 21.6. The van der Waals surface area contributed by atoms with Crippen LogP contribution in [0.15, 0.2) is 17.1 Å². The van der Waals surface area contributed by atoms with Crippen LogP contribution in [-0.4, -0.2) is 40.5 Å². The van der Waals surface area contributed by atoms with Gasteiger partial charge in [0.15, 0.2) is 0 Å². The second-order valence-electron chi connectivity index (χ2n) is 4.82. The number of nitrogens with zero attached hydrogens (tertiary/aromatic N) is 2. The van der Waals surface area contributed by atoms with Gasteiger partial charge in [-0.05, 0) is 19.4 Å². The smallest absolute Gasteiger partial charge is 0.351 e. The third-order valence-corrected chi connectivity index (χ3v) is 4.22. The number of rotatable bonds is 8. The molecule has 21 heavy (non-hydrogen) atoms. The van der Waals surface area contributed by atoms with E-state index in [2.05, 4.69) is 17.2 Å².